The second kappa shape index (κ2) is 11.4. The molecule has 0 radical (unpaired) electrons. The van der Waals surface area contributed by atoms with E-state index in [0.29, 0.717) is 63.9 Å². The molecule has 1 unspecified atom stereocenters. The van der Waals surface area contributed by atoms with Crippen molar-refractivity contribution < 1.29 is 23.1 Å². The number of urea groups is 1. The Balaban J connectivity index is 1.08. The van der Waals surface area contributed by atoms with E-state index in [2.05, 4.69) is 10.3 Å². The van der Waals surface area contributed by atoms with Gasteiger partial charge in [0.25, 0.3) is 0 Å². The van der Waals surface area contributed by atoms with E-state index in [4.69, 9.17) is 4.74 Å². The number of allylic oxidation sites excluding steroid dienone is 4. The monoisotopic (exact) mass is 548 g/mol. The first-order valence-corrected chi connectivity index (χ1v) is 14.2. The fourth-order valence-electron chi connectivity index (χ4n) is 6.63. The molecular weight excluding hydrogens is 514 g/mol. The molecule has 0 saturated carbocycles. The zero-order valence-electron chi connectivity index (χ0n) is 22.4. The number of aromatic nitrogens is 1. The number of nitrogens with zero attached hydrogens (tertiary/aromatic N) is 3. The number of halogens is 2. The molecule has 3 heterocycles. The molecule has 1 saturated heterocycles. The summed E-state index contributed by atoms with van der Waals surface area (Å²) in [6.45, 7) is 1.63. The number of ether oxygens (including phenoxy) is 1. The number of hydrogen-bond donors (Lipinski definition) is 1. The third-order valence-electron chi connectivity index (χ3n) is 8.84. The molecule has 2 aromatic rings. The van der Waals surface area contributed by atoms with Crippen molar-refractivity contribution in [2.45, 2.75) is 57.1 Å². The van der Waals surface area contributed by atoms with Gasteiger partial charge in [0.05, 0.1) is 5.69 Å². The lowest BCUT2D eigenvalue weighted by atomic mass is 9.80. The highest BCUT2D eigenvalue weighted by atomic mass is 19.2. The number of nitrogens with one attached hydrogen (secondary N) is 1. The zero-order chi connectivity index (χ0) is 27.6. The van der Waals surface area contributed by atoms with Crippen LogP contribution in [0.1, 0.15) is 55.0 Å². The Morgan fingerprint density at radius 2 is 1.80 bits per heavy atom. The van der Waals surface area contributed by atoms with Crippen LogP contribution in [0.15, 0.2) is 66.4 Å². The zero-order valence-corrected chi connectivity index (χ0v) is 22.4. The highest BCUT2D eigenvalue weighted by molar-refractivity contribution is 5.91. The lowest BCUT2D eigenvalue weighted by molar-refractivity contribution is 0.0421. The van der Waals surface area contributed by atoms with Gasteiger partial charge in [-0.1, -0.05) is 30.3 Å². The van der Waals surface area contributed by atoms with Crippen LogP contribution in [0.5, 0.6) is 0 Å². The molecule has 2 aliphatic carbocycles. The second-order valence-corrected chi connectivity index (χ2v) is 11.2. The molecule has 40 heavy (non-hydrogen) atoms. The number of amides is 3. The number of pyridine rings is 1. The third-order valence-corrected chi connectivity index (χ3v) is 8.84. The number of piperidine rings is 1. The Hall–Kier alpha value is -3.75. The Labute approximate surface area is 232 Å². The molecule has 1 aromatic carbocycles. The van der Waals surface area contributed by atoms with Crippen LogP contribution in [0.25, 0.3) is 0 Å². The van der Waals surface area contributed by atoms with E-state index < -0.39 is 29.8 Å². The van der Waals surface area contributed by atoms with Crippen LogP contribution in [0, 0.1) is 11.8 Å². The Morgan fingerprint density at radius 3 is 2.65 bits per heavy atom. The molecular formula is C31H34F2N4O3. The molecule has 3 atom stereocenters. The van der Waals surface area contributed by atoms with Gasteiger partial charge in [-0.15, -0.1) is 0 Å². The second-order valence-electron chi connectivity index (χ2n) is 11.2. The predicted octanol–water partition coefficient (Wildman–Crippen LogP) is 6.49. The van der Waals surface area contributed by atoms with Crippen molar-refractivity contribution in [3.8, 4) is 0 Å². The molecule has 0 bridgehead atoms. The molecule has 4 aliphatic rings. The summed E-state index contributed by atoms with van der Waals surface area (Å²) >= 11 is 0. The van der Waals surface area contributed by atoms with Crippen molar-refractivity contribution in [3.05, 3.63) is 83.2 Å². The van der Waals surface area contributed by atoms with E-state index >= 15 is 0 Å². The van der Waals surface area contributed by atoms with Crippen molar-refractivity contribution in [1.82, 2.24) is 14.8 Å². The summed E-state index contributed by atoms with van der Waals surface area (Å²) in [5, 5.41) is 3.03. The highest BCUT2D eigenvalue weighted by Crippen LogP contribution is 2.42. The number of hydrogen-bond acceptors (Lipinski definition) is 4. The summed E-state index contributed by atoms with van der Waals surface area (Å²) < 4.78 is 34.7. The summed E-state index contributed by atoms with van der Waals surface area (Å²) in [5.74, 6) is -2.10. The summed E-state index contributed by atoms with van der Waals surface area (Å²) in [4.78, 5) is 34.3. The minimum absolute atomic E-state index is 0.0484. The Morgan fingerprint density at radius 1 is 1.00 bits per heavy atom. The maximum Gasteiger partial charge on any atom is 0.410 e. The van der Waals surface area contributed by atoms with E-state index in [-0.39, 0.29) is 18.0 Å². The van der Waals surface area contributed by atoms with E-state index in [1.165, 1.54) is 6.08 Å². The molecule has 1 fully saturated rings. The molecule has 6 rings (SSSR count). The van der Waals surface area contributed by atoms with Gasteiger partial charge in [0.15, 0.2) is 5.83 Å². The van der Waals surface area contributed by atoms with Gasteiger partial charge in [0.1, 0.15) is 11.9 Å². The van der Waals surface area contributed by atoms with Crippen LogP contribution in [0.4, 0.5) is 24.1 Å². The van der Waals surface area contributed by atoms with E-state index in [1.54, 1.807) is 17.2 Å². The summed E-state index contributed by atoms with van der Waals surface area (Å²) in [6.07, 6.45) is 7.87. The van der Waals surface area contributed by atoms with E-state index in [0.717, 1.165) is 23.2 Å². The van der Waals surface area contributed by atoms with Crippen LogP contribution < -0.4 is 5.32 Å². The van der Waals surface area contributed by atoms with Crippen molar-refractivity contribution >= 4 is 17.8 Å². The number of para-hydroxylation sites is 1. The highest BCUT2D eigenvalue weighted by Gasteiger charge is 2.36. The summed E-state index contributed by atoms with van der Waals surface area (Å²) in [5.41, 5.74) is 3.60. The quantitative estimate of drug-likeness (QED) is 0.445. The number of rotatable bonds is 3. The molecule has 1 aromatic heterocycles. The van der Waals surface area contributed by atoms with Crippen LogP contribution >= 0.6 is 0 Å². The first kappa shape index (κ1) is 26.5. The normalized spacial score (nSPS) is 25.4. The summed E-state index contributed by atoms with van der Waals surface area (Å²) in [6, 6.07) is 11.6. The topological polar surface area (TPSA) is 74.8 Å². The SMILES string of the molecule is O=C(O[C@@H]1CC[C@@H](C2CC=CC(F)=C2F)Cc2cccnc21)N1CCC(N2CCc3ccccc3NC2=O)CC1. The van der Waals surface area contributed by atoms with Crippen LogP contribution in [0.3, 0.4) is 0 Å². The first-order chi connectivity index (χ1) is 19.5. The number of carbonyl (C=O) groups is 2. The number of benzene rings is 1. The molecule has 0 spiro atoms. The minimum atomic E-state index is -0.791. The van der Waals surface area contributed by atoms with Gasteiger partial charge < -0.3 is 19.9 Å². The molecule has 9 heteroatoms. The molecule has 210 valence electrons. The average molecular weight is 549 g/mol. The lowest BCUT2D eigenvalue weighted by Gasteiger charge is -2.37. The maximum atomic E-state index is 14.7. The molecule has 1 N–H and O–H groups in total. The van der Waals surface area contributed by atoms with Crippen molar-refractivity contribution in [2.75, 3.05) is 25.0 Å². The van der Waals surface area contributed by atoms with Gasteiger partial charge in [0.2, 0.25) is 0 Å². The lowest BCUT2D eigenvalue weighted by Crippen LogP contribution is -2.50. The van der Waals surface area contributed by atoms with Gasteiger partial charge in [-0.05, 0) is 80.2 Å². The molecule has 2 aliphatic heterocycles. The summed E-state index contributed by atoms with van der Waals surface area (Å²) in [7, 11) is 0. The van der Waals surface area contributed by atoms with E-state index in [1.807, 2.05) is 41.3 Å². The molecule has 7 nitrogen and oxygen atoms in total. The van der Waals surface area contributed by atoms with Crippen molar-refractivity contribution in [2.24, 2.45) is 11.8 Å². The number of anilines is 1. The van der Waals surface area contributed by atoms with Gasteiger partial charge >= 0.3 is 12.1 Å². The number of fused-ring (bicyclic) bond motifs is 2. The fourth-order valence-corrected chi connectivity index (χ4v) is 6.63. The van der Waals surface area contributed by atoms with Crippen LogP contribution in [0.2, 0.25) is 0 Å². The van der Waals surface area contributed by atoms with Gasteiger partial charge in [0, 0.05) is 43.5 Å². The van der Waals surface area contributed by atoms with Gasteiger partial charge in [-0.2, -0.15) is 0 Å². The van der Waals surface area contributed by atoms with Gasteiger partial charge in [-0.3, -0.25) is 4.98 Å². The largest absolute Gasteiger partial charge is 0.440 e. The standard InChI is InChI=1S/C31H34F2N4O3/c32-25-8-3-7-24(28(25)33)21-10-11-27(29-22(19-21)6-4-15-34-29)40-31(39)36-16-13-23(14-17-36)37-18-12-20-5-1-2-9-26(20)35-30(37)38/h1-6,8-9,15,21,23-24,27H,7,10-14,16-19H2,(H,35,38)/t21-,24?,27-/m1/s1. The minimum Gasteiger partial charge on any atom is -0.440 e. The van der Waals surface area contributed by atoms with Gasteiger partial charge in [-0.25, -0.2) is 18.4 Å². The number of carbonyl (C=O) groups excluding carboxylic acids is 2. The maximum absolute atomic E-state index is 14.7. The number of likely N-dealkylation sites (tertiary alicyclic amines) is 1. The Bertz CT molecular complexity index is 1340. The predicted molar refractivity (Wildman–Crippen MR) is 147 cm³/mol. The average Bonchev–Trinajstić information content (AvgIpc) is 3.26. The first-order valence-electron chi connectivity index (χ1n) is 14.2. The van der Waals surface area contributed by atoms with Crippen LogP contribution in [-0.2, 0) is 17.6 Å². The Kier molecular flexibility index (Phi) is 7.54. The van der Waals surface area contributed by atoms with Crippen molar-refractivity contribution in [3.63, 3.8) is 0 Å². The fraction of sp³-hybridized carbons (Fsp3) is 0.452. The van der Waals surface area contributed by atoms with Crippen molar-refractivity contribution in [1.29, 1.82) is 0 Å². The van der Waals surface area contributed by atoms with Crippen LogP contribution in [-0.4, -0.2) is 52.6 Å². The smallest absolute Gasteiger partial charge is 0.410 e. The van der Waals surface area contributed by atoms with E-state index in [9.17, 15) is 18.4 Å². The molecule has 3 amide bonds. The third kappa shape index (κ3) is 5.33.